The van der Waals surface area contributed by atoms with E-state index in [4.69, 9.17) is 4.74 Å². The number of piperazine rings is 1. The zero-order chi connectivity index (χ0) is 28.4. The summed E-state index contributed by atoms with van der Waals surface area (Å²) < 4.78 is 37.8. The van der Waals surface area contributed by atoms with E-state index in [1.807, 2.05) is 61.5 Å². The maximum absolute atomic E-state index is 13.0. The average Bonchev–Trinajstić information content (AvgIpc) is 3.45. The summed E-state index contributed by atoms with van der Waals surface area (Å²) in [7, 11) is -3.27. The van der Waals surface area contributed by atoms with Crippen molar-refractivity contribution in [2.45, 2.75) is 77.4 Å². The number of ether oxygens (including phenoxy) is 1. The Morgan fingerprint density at radius 3 is 2.27 bits per heavy atom. The van der Waals surface area contributed by atoms with E-state index in [0.29, 0.717) is 41.9 Å². The van der Waals surface area contributed by atoms with Gasteiger partial charge in [0.25, 0.3) is 0 Å². The Morgan fingerprint density at radius 1 is 0.950 bits per heavy atom. The summed E-state index contributed by atoms with van der Waals surface area (Å²) in [4.78, 5) is 6.71. The minimum Gasteiger partial charge on any atom is -0.457 e. The van der Waals surface area contributed by atoms with E-state index >= 15 is 0 Å². The number of anilines is 1. The lowest BCUT2D eigenvalue weighted by atomic mass is 10.1. The van der Waals surface area contributed by atoms with Crippen LogP contribution in [0.2, 0.25) is 0 Å². The molecule has 1 saturated heterocycles. The zero-order valence-corrected chi connectivity index (χ0v) is 25.2. The van der Waals surface area contributed by atoms with Gasteiger partial charge >= 0.3 is 0 Å². The summed E-state index contributed by atoms with van der Waals surface area (Å²) in [5.41, 5.74) is 0.676. The Balaban J connectivity index is 1.26. The van der Waals surface area contributed by atoms with E-state index in [2.05, 4.69) is 21.2 Å². The van der Waals surface area contributed by atoms with Crippen LogP contribution in [0.5, 0.6) is 11.5 Å². The van der Waals surface area contributed by atoms with Crippen LogP contribution in [-0.2, 0) is 10.0 Å². The number of nitrogens with zero attached hydrogens (tertiary/aromatic N) is 4. The average molecular weight is 587 g/mol. The second-order valence-electron chi connectivity index (χ2n) is 10.5. The Kier molecular flexibility index (Phi) is 11.3. The van der Waals surface area contributed by atoms with Crippen LogP contribution < -0.4 is 9.64 Å². The number of unbranched alkanes of at least 4 members (excludes halogenated alkanes) is 7. The molecule has 1 N–H and O–H groups in total. The molecule has 0 aliphatic carbocycles. The van der Waals surface area contributed by atoms with E-state index in [1.54, 1.807) is 4.31 Å². The topological polar surface area (TPSA) is 95.9 Å². The van der Waals surface area contributed by atoms with Crippen molar-refractivity contribution in [1.82, 2.24) is 13.7 Å². The third-order valence-electron chi connectivity index (χ3n) is 7.34. The quantitative estimate of drug-likeness (QED) is 0.206. The molecule has 2 aromatic carbocycles. The lowest BCUT2D eigenvalue weighted by Crippen LogP contribution is -2.54. The van der Waals surface area contributed by atoms with Gasteiger partial charge in [0.2, 0.25) is 15.2 Å². The van der Waals surface area contributed by atoms with Crippen LogP contribution in [0.4, 0.5) is 5.13 Å². The molecule has 40 heavy (non-hydrogen) atoms. The first-order valence-electron chi connectivity index (χ1n) is 14.5. The standard InChI is InChI=1S/C30H42N4O4S2/c1-3-4-5-6-7-8-9-13-22-40(36,37)33-20-21-34(24(2)23-33)30-31-29(32-39-30)28(35)25-16-18-27(19-17-25)38-26-14-11-10-12-15-26/h10-12,14-19,24,28,35H,3-9,13,20-23H2,1-2H3. The first-order chi connectivity index (χ1) is 19.4. The zero-order valence-electron chi connectivity index (χ0n) is 23.6. The maximum Gasteiger partial charge on any atom is 0.214 e. The fourth-order valence-corrected chi connectivity index (χ4v) is 7.41. The van der Waals surface area contributed by atoms with Crippen molar-refractivity contribution >= 4 is 26.7 Å². The van der Waals surface area contributed by atoms with Gasteiger partial charge in [-0.2, -0.15) is 8.68 Å². The second-order valence-corrected chi connectivity index (χ2v) is 13.3. The number of hydrogen-bond acceptors (Lipinski definition) is 8. The number of rotatable bonds is 15. The van der Waals surface area contributed by atoms with Crippen LogP contribution in [0.3, 0.4) is 0 Å². The van der Waals surface area contributed by atoms with Gasteiger partial charge < -0.3 is 14.7 Å². The van der Waals surface area contributed by atoms with Crippen LogP contribution in [-0.4, -0.2) is 58.6 Å². The molecular weight excluding hydrogens is 544 g/mol. The minimum atomic E-state index is -3.27. The van der Waals surface area contributed by atoms with E-state index in [-0.39, 0.29) is 11.8 Å². The van der Waals surface area contributed by atoms with Gasteiger partial charge in [-0.3, -0.25) is 0 Å². The molecule has 2 atom stereocenters. The van der Waals surface area contributed by atoms with Crippen molar-refractivity contribution in [2.75, 3.05) is 30.3 Å². The minimum absolute atomic E-state index is 0.0329. The number of aromatic nitrogens is 2. The number of sulfonamides is 1. The number of benzene rings is 2. The number of aliphatic hydroxyl groups excluding tert-OH is 1. The highest BCUT2D eigenvalue weighted by Crippen LogP contribution is 2.29. The summed E-state index contributed by atoms with van der Waals surface area (Å²) in [5.74, 6) is 1.99. The highest BCUT2D eigenvalue weighted by Gasteiger charge is 2.32. The molecule has 2 unspecified atom stereocenters. The van der Waals surface area contributed by atoms with Crippen LogP contribution in [0.1, 0.15) is 82.7 Å². The van der Waals surface area contributed by atoms with Crippen molar-refractivity contribution < 1.29 is 18.3 Å². The third-order valence-corrected chi connectivity index (χ3v) is 10.0. The lowest BCUT2D eigenvalue weighted by molar-refractivity contribution is 0.211. The van der Waals surface area contributed by atoms with E-state index < -0.39 is 16.1 Å². The fraction of sp³-hybridized carbons (Fsp3) is 0.533. The third kappa shape index (κ3) is 8.49. The molecule has 3 aromatic rings. The summed E-state index contributed by atoms with van der Waals surface area (Å²) in [5, 5.41) is 11.6. The fourth-order valence-electron chi connectivity index (χ4n) is 4.95. The molecule has 0 saturated carbocycles. The summed E-state index contributed by atoms with van der Waals surface area (Å²) >= 11 is 1.23. The number of hydrogen-bond donors (Lipinski definition) is 1. The van der Waals surface area contributed by atoms with E-state index in [1.165, 1.54) is 43.6 Å². The molecule has 218 valence electrons. The predicted molar refractivity (Wildman–Crippen MR) is 162 cm³/mol. The number of para-hydroxylation sites is 1. The van der Waals surface area contributed by atoms with Crippen molar-refractivity contribution in [2.24, 2.45) is 0 Å². The van der Waals surface area contributed by atoms with Crippen molar-refractivity contribution in [3.63, 3.8) is 0 Å². The summed E-state index contributed by atoms with van der Waals surface area (Å²) in [6.45, 7) is 5.64. The van der Waals surface area contributed by atoms with Gasteiger partial charge in [-0.1, -0.05) is 82.2 Å². The van der Waals surface area contributed by atoms with Crippen molar-refractivity contribution in [3.8, 4) is 11.5 Å². The normalized spacial score (nSPS) is 17.2. The molecule has 2 heterocycles. The summed E-state index contributed by atoms with van der Waals surface area (Å²) in [6.07, 6.45) is 8.11. The molecule has 0 bridgehead atoms. The molecule has 1 fully saturated rings. The van der Waals surface area contributed by atoms with Gasteiger partial charge in [-0.15, -0.1) is 0 Å². The first kappa shape index (κ1) is 30.4. The van der Waals surface area contributed by atoms with Gasteiger partial charge in [0.15, 0.2) is 5.82 Å². The second kappa shape index (κ2) is 14.9. The van der Waals surface area contributed by atoms with Crippen LogP contribution >= 0.6 is 11.5 Å². The highest BCUT2D eigenvalue weighted by atomic mass is 32.2. The Hall–Kier alpha value is -2.53. The smallest absolute Gasteiger partial charge is 0.214 e. The molecule has 1 aliphatic rings. The monoisotopic (exact) mass is 586 g/mol. The van der Waals surface area contributed by atoms with Gasteiger partial charge in [0.1, 0.15) is 17.6 Å². The van der Waals surface area contributed by atoms with Crippen molar-refractivity contribution in [1.29, 1.82) is 0 Å². The highest BCUT2D eigenvalue weighted by molar-refractivity contribution is 7.89. The van der Waals surface area contributed by atoms with Crippen molar-refractivity contribution in [3.05, 3.63) is 66.0 Å². The molecule has 1 aliphatic heterocycles. The van der Waals surface area contributed by atoms with Gasteiger partial charge in [0.05, 0.1) is 5.75 Å². The predicted octanol–water partition coefficient (Wildman–Crippen LogP) is 6.39. The molecule has 1 aromatic heterocycles. The molecule has 0 radical (unpaired) electrons. The maximum atomic E-state index is 13.0. The number of aliphatic hydroxyl groups is 1. The molecule has 8 nitrogen and oxygen atoms in total. The largest absolute Gasteiger partial charge is 0.457 e. The van der Waals surface area contributed by atoms with Gasteiger partial charge in [-0.25, -0.2) is 13.4 Å². The Labute approximate surface area is 243 Å². The van der Waals surface area contributed by atoms with E-state index in [0.717, 1.165) is 25.0 Å². The molecule has 0 spiro atoms. The molecule has 0 amide bonds. The van der Waals surface area contributed by atoms with Crippen LogP contribution in [0.25, 0.3) is 0 Å². The Bertz CT molecular complexity index is 1270. The summed E-state index contributed by atoms with van der Waals surface area (Å²) in [6, 6.07) is 16.7. The first-order valence-corrected chi connectivity index (χ1v) is 16.8. The molecule has 4 rings (SSSR count). The molecule has 10 heteroatoms. The van der Waals surface area contributed by atoms with Gasteiger partial charge in [0, 0.05) is 37.2 Å². The van der Waals surface area contributed by atoms with Crippen LogP contribution in [0.15, 0.2) is 54.6 Å². The lowest BCUT2D eigenvalue weighted by Gasteiger charge is -2.38. The molecular formula is C30H42N4O4S2. The van der Waals surface area contributed by atoms with Crippen LogP contribution in [0, 0.1) is 0 Å². The Morgan fingerprint density at radius 2 is 1.60 bits per heavy atom. The van der Waals surface area contributed by atoms with Gasteiger partial charge in [-0.05, 0) is 43.2 Å². The SMILES string of the molecule is CCCCCCCCCCS(=O)(=O)N1CCN(c2nc(C(O)c3ccc(Oc4ccccc4)cc3)ns2)C(C)C1. The van der Waals surface area contributed by atoms with E-state index in [9.17, 15) is 13.5 Å².